The first-order valence-corrected chi connectivity index (χ1v) is 11.5. The molecule has 136 valence electrons. The van der Waals surface area contributed by atoms with Crippen molar-refractivity contribution in [2.24, 2.45) is 0 Å². The summed E-state index contributed by atoms with van der Waals surface area (Å²) in [6.45, 7) is 2.21. The molecular weight excluding hydrogens is 472 g/mol. The van der Waals surface area contributed by atoms with Crippen molar-refractivity contribution >= 4 is 41.6 Å². The van der Waals surface area contributed by atoms with E-state index < -0.39 is 13.5 Å². The molecule has 2 unspecified atom stereocenters. The summed E-state index contributed by atoms with van der Waals surface area (Å²) in [5.41, 5.74) is 1.81. The first kappa shape index (κ1) is 20.9. The number of halogens is 2. The standard InChI is InChI=1S/C18H22ClINO3P/c1-13(15-7-8-18(20)17(19)9-15)21-10-16(22)12-25(23,24)11-14-5-3-2-4-6-14/h2-9,13,16,21-22H,10-12H2,1H3,(H,23,24)/t13?,16-/m1/s1. The lowest BCUT2D eigenvalue weighted by atomic mass is 10.1. The van der Waals surface area contributed by atoms with Gasteiger partial charge in [0, 0.05) is 22.3 Å². The van der Waals surface area contributed by atoms with Crippen LogP contribution in [0.1, 0.15) is 24.1 Å². The summed E-state index contributed by atoms with van der Waals surface area (Å²) in [6.07, 6.45) is -0.941. The summed E-state index contributed by atoms with van der Waals surface area (Å²) >= 11 is 8.30. The van der Waals surface area contributed by atoms with Crippen molar-refractivity contribution in [1.29, 1.82) is 0 Å². The van der Waals surface area contributed by atoms with E-state index in [1.54, 1.807) is 0 Å². The Labute approximate surface area is 167 Å². The molecule has 2 aromatic carbocycles. The molecule has 0 aliphatic carbocycles. The molecule has 2 aromatic rings. The molecule has 3 N–H and O–H groups in total. The van der Waals surface area contributed by atoms with Gasteiger partial charge in [-0.25, -0.2) is 0 Å². The molecule has 0 amide bonds. The third-order valence-electron chi connectivity index (χ3n) is 3.87. The zero-order valence-electron chi connectivity index (χ0n) is 13.9. The molecule has 0 spiro atoms. The van der Waals surface area contributed by atoms with Gasteiger partial charge in [0.05, 0.1) is 17.3 Å². The zero-order valence-corrected chi connectivity index (χ0v) is 17.7. The van der Waals surface area contributed by atoms with Crippen molar-refractivity contribution in [1.82, 2.24) is 5.32 Å². The second kappa shape index (κ2) is 9.49. The lowest BCUT2D eigenvalue weighted by Gasteiger charge is -2.20. The number of nitrogens with one attached hydrogen (secondary N) is 1. The van der Waals surface area contributed by atoms with Gasteiger partial charge in [0.1, 0.15) is 0 Å². The van der Waals surface area contributed by atoms with Gasteiger partial charge in [-0.3, -0.25) is 4.57 Å². The average Bonchev–Trinajstić information content (AvgIpc) is 2.55. The van der Waals surface area contributed by atoms with Gasteiger partial charge in [0.2, 0.25) is 7.37 Å². The predicted octanol–water partition coefficient (Wildman–Crippen LogP) is 4.43. The highest BCUT2D eigenvalue weighted by Gasteiger charge is 2.23. The van der Waals surface area contributed by atoms with Crippen LogP contribution in [0.15, 0.2) is 48.5 Å². The van der Waals surface area contributed by atoms with Crippen LogP contribution in [0.25, 0.3) is 0 Å². The van der Waals surface area contributed by atoms with Crippen LogP contribution >= 0.6 is 41.6 Å². The molecule has 4 nitrogen and oxygen atoms in total. The van der Waals surface area contributed by atoms with Crippen molar-refractivity contribution in [3.05, 3.63) is 68.3 Å². The number of benzene rings is 2. The Balaban J connectivity index is 1.85. The van der Waals surface area contributed by atoms with Gasteiger partial charge < -0.3 is 15.3 Å². The van der Waals surface area contributed by atoms with Gasteiger partial charge in [-0.1, -0.05) is 48.0 Å². The Morgan fingerprint density at radius 2 is 1.92 bits per heavy atom. The van der Waals surface area contributed by atoms with Crippen LogP contribution < -0.4 is 5.32 Å². The molecule has 0 saturated carbocycles. The van der Waals surface area contributed by atoms with Crippen LogP contribution in [-0.2, 0) is 10.7 Å². The molecule has 0 bridgehead atoms. The van der Waals surface area contributed by atoms with Crippen LogP contribution in [0.5, 0.6) is 0 Å². The van der Waals surface area contributed by atoms with Crippen molar-refractivity contribution in [2.45, 2.75) is 25.2 Å². The largest absolute Gasteiger partial charge is 0.391 e. The lowest BCUT2D eigenvalue weighted by Crippen LogP contribution is -2.31. The topological polar surface area (TPSA) is 69.6 Å². The third-order valence-corrected chi connectivity index (χ3v) is 7.30. The normalized spacial score (nSPS) is 16.2. The number of rotatable bonds is 8. The summed E-state index contributed by atoms with van der Waals surface area (Å²) in [7, 11) is -3.43. The molecule has 0 aliphatic rings. The highest BCUT2D eigenvalue weighted by molar-refractivity contribution is 14.1. The van der Waals surface area contributed by atoms with E-state index in [0.717, 1.165) is 14.7 Å². The van der Waals surface area contributed by atoms with Crippen molar-refractivity contribution in [3.63, 3.8) is 0 Å². The van der Waals surface area contributed by atoms with Crippen molar-refractivity contribution < 1.29 is 14.6 Å². The lowest BCUT2D eigenvalue weighted by molar-refractivity contribution is 0.186. The van der Waals surface area contributed by atoms with E-state index in [0.29, 0.717) is 5.02 Å². The second-order valence-corrected chi connectivity index (χ2v) is 10.1. The average molecular weight is 494 g/mol. The molecule has 25 heavy (non-hydrogen) atoms. The van der Waals surface area contributed by atoms with Crippen LogP contribution in [0.3, 0.4) is 0 Å². The highest BCUT2D eigenvalue weighted by atomic mass is 127. The Kier molecular flexibility index (Phi) is 7.92. The maximum absolute atomic E-state index is 12.3. The number of hydrogen-bond acceptors (Lipinski definition) is 3. The molecular formula is C18H22ClINO3P. The molecule has 0 heterocycles. The SMILES string of the molecule is CC(NC[C@@H](O)CP(=O)(O)Cc1ccccc1)c1ccc(I)c(Cl)c1. The Morgan fingerprint density at radius 3 is 2.56 bits per heavy atom. The fourth-order valence-corrected chi connectivity index (χ4v) is 4.76. The van der Waals surface area contributed by atoms with E-state index in [1.807, 2.05) is 55.5 Å². The van der Waals surface area contributed by atoms with Gasteiger partial charge in [-0.15, -0.1) is 0 Å². The monoisotopic (exact) mass is 493 g/mol. The molecule has 0 radical (unpaired) electrons. The smallest absolute Gasteiger partial charge is 0.207 e. The fourth-order valence-electron chi connectivity index (χ4n) is 2.54. The molecule has 3 atom stereocenters. The van der Waals surface area contributed by atoms with Gasteiger partial charge >= 0.3 is 0 Å². The van der Waals surface area contributed by atoms with Gasteiger partial charge in [0.25, 0.3) is 0 Å². The summed E-state index contributed by atoms with van der Waals surface area (Å²) in [5.74, 6) is 0. The maximum Gasteiger partial charge on any atom is 0.207 e. The minimum absolute atomic E-state index is 0.0173. The van der Waals surface area contributed by atoms with E-state index in [1.165, 1.54) is 0 Å². The molecule has 0 fully saturated rings. The van der Waals surface area contributed by atoms with Crippen LogP contribution in [0.2, 0.25) is 5.02 Å². The first-order valence-electron chi connectivity index (χ1n) is 7.98. The Hall–Kier alpha value is -0.430. The third kappa shape index (κ3) is 7.00. The van der Waals surface area contributed by atoms with Gasteiger partial charge in [0.15, 0.2) is 0 Å². The van der Waals surface area contributed by atoms with Crippen LogP contribution in [0, 0.1) is 3.57 Å². The summed E-state index contributed by atoms with van der Waals surface area (Å²) in [4.78, 5) is 10.1. The number of aliphatic hydroxyl groups is 1. The molecule has 7 heteroatoms. The van der Waals surface area contributed by atoms with Gasteiger partial charge in [-0.05, 0) is 52.8 Å². The quantitative estimate of drug-likeness (QED) is 0.376. The summed E-state index contributed by atoms with van der Waals surface area (Å²) in [5, 5.41) is 14.0. The number of aliphatic hydroxyl groups excluding tert-OH is 1. The van der Waals surface area contributed by atoms with Crippen molar-refractivity contribution in [2.75, 3.05) is 12.7 Å². The van der Waals surface area contributed by atoms with E-state index in [9.17, 15) is 14.6 Å². The minimum atomic E-state index is -3.43. The molecule has 0 aromatic heterocycles. The molecule has 2 rings (SSSR count). The summed E-state index contributed by atoms with van der Waals surface area (Å²) < 4.78 is 13.3. The Bertz CT molecular complexity index is 744. The van der Waals surface area contributed by atoms with Gasteiger partial charge in [-0.2, -0.15) is 0 Å². The van der Waals surface area contributed by atoms with E-state index in [-0.39, 0.29) is 24.9 Å². The summed E-state index contributed by atoms with van der Waals surface area (Å²) in [6, 6.07) is 15.0. The van der Waals surface area contributed by atoms with Crippen LogP contribution in [-0.4, -0.2) is 28.8 Å². The minimum Gasteiger partial charge on any atom is -0.391 e. The first-order chi connectivity index (χ1) is 11.8. The number of hydrogen-bond donors (Lipinski definition) is 3. The van der Waals surface area contributed by atoms with E-state index >= 15 is 0 Å². The Morgan fingerprint density at radius 1 is 1.24 bits per heavy atom. The predicted molar refractivity (Wildman–Crippen MR) is 111 cm³/mol. The van der Waals surface area contributed by atoms with Crippen molar-refractivity contribution in [3.8, 4) is 0 Å². The maximum atomic E-state index is 12.3. The second-order valence-electron chi connectivity index (χ2n) is 6.13. The zero-order chi connectivity index (χ0) is 18.4. The van der Waals surface area contributed by atoms with Crippen LogP contribution in [0.4, 0.5) is 0 Å². The van der Waals surface area contributed by atoms with E-state index in [4.69, 9.17) is 11.6 Å². The van der Waals surface area contributed by atoms with E-state index in [2.05, 4.69) is 27.9 Å². The highest BCUT2D eigenvalue weighted by Crippen LogP contribution is 2.44. The fraction of sp³-hybridized carbons (Fsp3) is 0.333. The molecule has 0 aliphatic heterocycles. The molecule has 0 saturated heterocycles.